The van der Waals surface area contributed by atoms with Crippen molar-refractivity contribution in [1.82, 2.24) is 4.98 Å². The van der Waals surface area contributed by atoms with E-state index in [-0.39, 0.29) is 11.7 Å². The van der Waals surface area contributed by atoms with Crippen LogP contribution in [0.25, 0.3) is 0 Å². The molecule has 76 valence electrons. The Morgan fingerprint density at radius 1 is 1.64 bits per heavy atom. The van der Waals surface area contributed by atoms with Gasteiger partial charge < -0.3 is 4.74 Å². The van der Waals surface area contributed by atoms with Crippen molar-refractivity contribution in [1.29, 1.82) is 0 Å². The number of rotatable bonds is 5. The number of nitrogens with zero attached hydrogens (tertiary/aromatic N) is 1. The SMILES string of the molecule is COCC(C)CC(=O)c1cccnc1. The molecule has 14 heavy (non-hydrogen) atoms. The summed E-state index contributed by atoms with van der Waals surface area (Å²) in [4.78, 5) is 15.5. The largest absolute Gasteiger partial charge is 0.384 e. The maximum atomic E-state index is 11.6. The number of Topliss-reactive ketones (excluding diaryl/α,β-unsaturated/α-hetero) is 1. The van der Waals surface area contributed by atoms with E-state index in [1.54, 1.807) is 31.6 Å². The number of hydrogen-bond donors (Lipinski definition) is 0. The highest BCUT2D eigenvalue weighted by molar-refractivity contribution is 5.95. The molecule has 0 aliphatic rings. The molecule has 1 unspecified atom stereocenters. The summed E-state index contributed by atoms with van der Waals surface area (Å²) in [6.07, 6.45) is 3.77. The van der Waals surface area contributed by atoms with Gasteiger partial charge in [-0.1, -0.05) is 6.92 Å². The molecule has 0 saturated carbocycles. The van der Waals surface area contributed by atoms with Crippen LogP contribution in [0.1, 0.15) is 23.7 Å². The van der Waals surface area contributed by atoms with Crippen LogP contribution in [0.15, 0.2) is 24.5 Å². The lowest BCUT2D eigenvalue weighted by atomic mass is 10.0. The van der Waals surface area contributed by atoms with Gasteiger partial charge >= 0.3 is 0 Å². The van der Waals surface area contributed by atoms with Gasteiger partial charge in [0.2, 0.25) is 0 Å². The van der Waals surface area contributed by atoms with Crippen LogP contribution in [-0.4, -0.2) is 24.5 Å². The van der Waals surface area contributed by atoms with E-state index in [4.69, 9.17) is 4.74 Å². The highest BCUT2D eigenvalue weighted by Crippen LogP contribution is 2.08. The first-order valence-corrected chi connectivity index (χ1v) is 4.66. The fourth-order valence-corrected chi connectivity index (χ4v) is 1.31. The van der Waals surface area contributed by atoms with Gasteiger partial charge in [-0.25, -0.2) is 0 Å². The molecule has 0 bridgehead atoms. The van der Waals surface area contributed by atoms with Crippen LogP contribution >= 0.6 is 0 Å². The number of carbonyl (C=O) groups excluding carboxylic acids is 1. The zero-order chi connectivity index (χ0) is 10.4. The third-order valence-corrected chi connectivity index (χ3v) is 1.97. The van der Waals surface area contributed by atoms with Crippen molar-refractivity contribution in [2.45, 2.75) is 13.3 Å². The zero-order valence-corrected chi connectivity index (χ0v) is 8.56. The average Bonchev–Trinajstić information content (AvgIpc) is 2.19. The van der Waals surface area contributed by atoms with E-state index in [9.17, 15) is 4.79 Å². The lowest BCUT2D eigenvalue weighted by Crippen LogP contribution is -2.10. The minimum absolute atomic E-state index is 0.127. The Kier molecular flexibility index (Phi) is 4.26. The number of pyridine rings is 1. The smallest absolute Gasteiger partial charge is 0.164 e. The van der Waals surface area contributed by atoms with E-state index in [0.717, 1.165) is 0 Å². The molecule has 0 aliphatic carbocycles. The summed E-state index contributed by atoms with van der Waals surface area (Å²) < 4.78 is 4.97. The number of hydrogen-bond acceptors (Lipinski definition) is 3. The quantitative estimate of drug-likeness (QED) is 0.671. The standard InChI is InChI=1S/C11H15NO2/c1-9(8-14-2)6-11(13)10-4-3-5-12-7-10/h3-5,7,9H,6,8H2,1-2H3. The minimum atomic E-state index is 0.127. The number of aromatic nitrogens is 1. The average molecular weight is 193 g/mol. The molecule has 3 nitrogen and oxygen atoms in total. The number of methoxy groups -OCH3 is 1. The van der Waals surface area contributed by atoms with Gasteiger partial charge in [-0.05, 0) is 18.1 Å². The third-order valence-electron chi connectivity index (χ3n) is 1.97. The van der Waals surface area contributed by atoms with E-state index >= 15 is 0 Å². The fourth-order valence-electron chi connectivity index (χ4n) is 1.31. The summed E-state index contributed by atoms with van der Waals surface area (Å²) in [5.74, 6) is 0.385. The molecule has 0 radical (unpaired) electrons. The molecular weight excluding hydrogens is 178 g/mol. The van der Waals surface area contributed by atoms with E-state index in [1.165, 1.54) is 0 Å². The Labute approximate surface area is 84.1 Å². The van der Waals surface area contributed by atoms with Crippen LogP contribution in [0.2, 0.25) is 0 Å². The Bertz CT molecular complexity index is 285. The van der Waals surface area contributed by atoms with Gasteiger partial charge in [-0.3, -0.25) is 9.78 Å². The van der Waals surface area contributed by atoms with Gasteiger partial charge in [0.25, 0.3) is 0 Å². The topological polar surface area (TPSA) is 39.2 Å². The summed E-state index contributed by atoms with van der Waals surface area (Å²) in [5, 5.41) is 0. The van der Waals surface area contributed by atoms with Crippen molar-refractivity contribution in [3.63, 3.8) is 0 Å². The van der Waals surface area contributed by atoms with Gasteiger partial charge in [-0.2, -0.15) is 0 Å². The van der Waals surface area contributed by atoms with Gasteiger partial charge in [0.05, 0.1) is 0 Å². The van der Waals surface area contributed by atoms with Crippen molar-refractivity contribution in [3.05, 3.63) is 30.1 Å². The summed E-state index contributed by atoms with van der Waals surface area (Å²) in [7, 11) is 1.64. The summed E-state index contributed by atoms with van der Waals surface area (Å²) in [6, 6.07) is 3.56. The predicted octanol–water partition coefficient (Wildman–Crippen LogP) is 1.94. The molecule has 0 aromatic carbocycles. The van der Waals surface area contributed by atoms with E-state index in [0.29, 0.717) is 18.6 Å². The molecule has 0 fully saturated rings. The molecule has 0 amide bonds. The van der Waals surface area contributed by atoms with Crippen LogP contribution in [0.4, 0.5) is 0 Å². The highest BCUT2D eigenvalue weighted by Gasteiger charge is 2.10. The summed E-state index contributed by atoms with van der Waals surface area (Å²) in [6.45, 7) is 2.61. The Morgan fingerprint density at radius 3 is 3.00 bits per heavy atom. The number of ether oxygens (including phenoxy) is 1. The second kappa shape index (κ2) is 5.50. The lowest BCUT2D eigenvalue weighted by molar-refractivity contribution is 0.0919. The summed E-state index contributed by atoms with van der Waals surface area (Å²) >= 11 is 0. The molecule has 0 spiro atoms. The fraction of sp³-hybridized carbons (Fsp3) is 0.455. The van der Waals surface area contributed by atoms with Crippen LogP contribution in [0, 0.1) is 5.92 Å². The van der Waals surface area contributed by atoms with E-state index in [2.05, 4.69) is 4.98 Å². The van der Waals surface area contributed by atoms with Crippen LogP contribution < -0.4 is 0 Å². The third kappa shape index (κ3) is 3.26. The van der Waals surface area contributed by atoms with Gasteiger partial charge in [0.15, 0.2) is 5.78 Å². The molecule has 1 heterocycles. The molecule has 1 aromatic rings. The molecular formula is C11H15NO2. The zero-order valence-electron chi connectivity index (χ0n) is 8.56. The van der Waals surface area contributed by atoms with Crippen LogP contribution in [-0.2, 0) is 4.74 Å². The van der Waals surface area contributed by atoms with Gasteiger partial charge in [0.1, 0.15) is 0 Å². The van der Waals surface area contributed by atoms with Crippen molar-refractivity contribution in [2.24, 2.45) is 5.92 Å². The minimum Gasteiger partial charge on any atom is -0.384 e. The maximum Gasteiger partial charge on any atom is 0.164 e. The van der Waals surface area contributed by atoms with Crippen LogP contribution in [0.5, 0.6) is 0 Å². The van der Waals surface area contributed by atoms with Gasteiger partial charge in [-0.15, -0.1) is 0 Å². The molecule has 1 atom stereocenters. The van der Waals surface area contributed by atoms with E-state index < -0.39 is 0 Å². The Hall–Kier alpha value is -1.22. The lowest BCUT2D eigenvalue weighted by Gasteiger charge is -2.08. The Morgan fingerprint density at radius 2 is 2.43 bits per heavy atom. The van der Waals surface area contributed by atoms with Crippen LogP contribution in [0.3, 0.4) is 0 Å². The molecule has 3 heteroatoms. The first-order chi connectivity index (χ1) is 6.74. The number of ketones is 1. The molecule has 0 aliphatic heterocycles. The second-order valence-corrected chi connectivity index (χ2v) is 3.43. The van der Waals surface area contributed by atoms with Gasteiger partial charge in [0, 0.05) is 38.1 Å². The van der Waals surface area contributed by atoms with E-state index in [1.807, 2.05) is 6.92 Å². The Balaban J connectivity index is 2.51. The normalized spacial score (nSPS) is 12.4. The molecule has 0 saturated heterocycles. The first kappa shape index (κ1) is 10.9. The summed E-state index contributed by atoms with van der Waals surface area (Å²) in [5.41, 5.74) is 0.676. The monoisotopic (exact) mass is 193 g/mol. The highest BCUT2D eigenvalue weighted by atomic mass is 16.5. The van der Waals surface area contributed by atoms with Crippen molar-refractivity contribution < 1.29 is 9.53 Å². The predicted molar refractivity (Wildman–Crippen MR) is 54.2 cm³/mol. The molecule has 0 N–H and O–H groups in total. The first-order valence-electron chi connectivity index (χ1n) is 4.66. The molecule has 1 aromatic heterocycles. The number of carbonyl (C=O) groups is 1. The van der Waals surface area contributed by atoms with Crippen molar-refractivity contribution in [2.75, 3.05) is 13.7 Å². The molecule has 1 rings (SSSR count). The van der Waals surface area contributed by atoms with Crippen molar-refractivity contribution >= 4 is 5.78 Å². The van der Waals surface area contributed by atoms with Crippen molar-refractivity contribution in [3.8, 4) is 0 Å². The maximum absolute atomic E-state index is 11.6. The second-order valence-electron chi connectivity index (χ2n) is 3.43.